The molecule has 3 N–H and O–H groups in total. The highest BCUT2D eigenvalue weighted by Crippen LogP contribution is 2.38. The van der Waals surface area contributed by atoms with Crippen molar-refractivity contribution in [2.24, 2.45) is 0 Å². The van der Waals surface area contributed by atoms with Crippen LogP contribution in [0.3, 0.4) is 0 Å². The summed E-state index contributed by atoms with van der Waals surface area (Å²) >= 11 is 0. The van der Waals surface area contributed by atoms with E-state index in [1.54, 1.807) is 56.3 Å². The fourth-order valence-electron chi connectivity index (χ4n) is 4.35. The Balaban J connectivity index is 1.32. The number of tetrazole rings is 1. The Morgan fingerprint density at radius 1 is 1.07 bits per heavy atom. The number of H-pyrrole nitrogens is 1. The minimum Gasteiger partial charge on any atom is -0.347 e. The van der Waals surface area contributed by atoms with E-state index in [9.17, 15) is 18.8 Å². The lowest BCUT2D eigenvalue weighted by molar-refractivity contribution is 0.0933. The summed E-state index contributed by atoms with van der Waals surface area (Å²) in [5, 5.41) is 19.6. The predicted molar refractivity (Wildman–Crippen MR) is 141 cm³/mol. The Morgan fingerprint density at radius 2 is 1.85 bits per heavy atom. The van der Waals surface area contributed by atoms with Crippen molar-refractivity contribution in [2.75, 3.05) is 25.5 Å². The second kappa shape index (κ2) is 10.8. The number of nitrogens with zero attached hydrogens (tertiary/aromatic N) is 7. The molecule has 0 radical (unpaired) electrons. The number of halogens is 1. The number of aromatic amines is 1. The number of anilines is 1. The van der Waals surface area contributed by atoms with Crippen molar-refractivity contribution in [2.45, 2.75) is 19.5 Å². The number of amides is 4. The third kappa shape index (κ3) is 5.32. The first-order valence-electron chi connectivity index (χ1n) is 12.2. The van der Waals surface area contributed by atoms with Gasteiger partial charge < -0.3 is 15.5 Å². The molecular weight excluding hydrogens is 519 g/mol. The number of urea groups is 1. The van der Waals surface area contributed by atoms with Crippen molar-refractivity contribution in [1.82, 2.24) is 46.1 Å². The van der Waals surface area contributed by atoms with Gasteiger partial charge in [0.05, 0.1) is 18.3 Å². The van der Waals surface area contributed by atoms with Crippen LogP contribution < -0.4 is 15.5 Å². The van der Waals surface area contributed by atoms with E-state index in [0.29, 0.717) is 22.6 Å². The van der Waals surface area contributed by atoms with E-state index in [1.807, 2.05) is 0 Å². The first kappa shape index (κ1) is 26.3. The minimum absolute atomic E-state index is 0.0000263. The summed E-state index contributed by atoms with van der Waals surface area (Å²) in [5.74, 6) is -1.01. The molecule has 0 fully saturated rings. The van der Waals surface area contributed by atoms with Crippen molar-refractivity contribution < 1.29 is 18.8 Å². The lowest BCUT2D eigenvalue weighted by atomic mass is 10.1. The lowest BCUT2D eigenvalue weighted by Gasteiger charge is -2.22. The smallest absolute Gasteiger partial charge is 0.324 e. The third-order valence-electron chi connectivity index (χ3n) is 6.39. The van der Waals surface area contributed by atoms with Crippen LogP contribution >= 0.6 is 0 Å². The molecule has 1 aliphatic rings. The number of hydrogen-bond acceptors (Lipinski definition) is 8. The Hall–Kier alpha value is -5.27. The number of aromatic nitrogens is 6. The molecule has 13 nitrogen and oxygen atoms in total. The van der Waals surface area contributed by atoms with Gasteiger partial charge in [0.25, 0.3) is 11.8 Å². The van der Waals surface area contributed by atoms with Gasteiger partial charge in [0.1, 0.15) is 23.5 Å². The van der Waals surface area contributed by atoms with Gasteiger partial charge in [-0.3, -0.25) is 14.5 Å². The van der Waals surface area contributed by atoms with Crippen LogP contribution in [0.2, 0.25) is 0 Å². The fraction of sp³-hybridized carbons (Fsp3) is 0.231. The maximum absolute atomic E-state index is 13.5. The van der Waals surface area contributed by atoms with Gasteiger partial charge in [0, 0.05) is 37.8 Å². The van der Waals surface area contributed by atoms with Gasteiger partial charge in [0.15, 0.2) is 0 Å². The standard InChI is InChI=1S/C26H25FN10O3/c1-14-8-15(4-7-18(14)27)11-28-24(38)19-10-20(30-13-29-19)25(39)31-21-12-37(26(40)36(2)3)22-9-16(5-6-17(21)22)23-32-34-35-33-23/h4-10,13,21H,11-12H2,1-3H3,(H,28,38)(H,31,39)(H,32,33,34,35)/t21-/m0/s1. The first-order chi connectivity index (χ1) is 19.2. The average Bonchev–Trinajstić information content (AvgIpc) is 3.61. The second-order valence-electron chi connectivity index (χ2n) is 9.38. The van der Waals surface area contributed by atoms with Crippen LogP contribution in [0.4, 0.5) is 14.9 Å². The van der Waals surface area contributed by atoms with Crippen molar-refractivity contribution in [3.8, 4) is 11.4 Å². The van der Waals surface area contributed by atoms with Gasteiger partial charge in [-0.1, -0.05) is 24.3 Å². The van der Waals surface area contributed by atoms with Crippen LogP contribution in [0.1, 0.15) is 43.7 Å². The molecule has 0 saturated heterocycles. The van der Waals surface area contributed by atoms with E-state index >= 15 is 0 Å². The monoisotopic (exact) mass is 544 g/mol. The molecule has 1 aliphatic heterocycles. The highest BCUT2D eigenvalue weighted by atomic mass is 19.1. The highest BCUT2D eigenvalue weighted by Gasteiger charge is 2.35. The van der Waals surface area contributed by atoms with E-state index in [4.69, 9.17) is 0 Å². The van der Waals surface area contributed by atoms with Gasteiger partial charge in [-0.15, -0.1) is 10.2 Å². The van der Waals surface area contributed by atoms with Gasteiger partial charge in [0.2, 0.25) is 5.82 Å². The van der Waals surface area contributed by atoms with Gasteiger partial charge >= 0.3 is 6.03 Å². The molecule has 40 heavy (non-hydrogen) atoms. The summed E-state index contributed by atoms with van der Waals surface area (Å²) in [5.41, 5.74) is 3.15. The Bertz CT molecular complexity index is 1590. The van der Waals surface area contributed by atoms with E-state index in [0.717, 1.165) is 17.5 Å². The lowest BCUT2D eigenvalue weighted by Crippen LogP contribution is -2.40. The van der Waals surface area contributed by atoms with Crippen molar-refractivity contribution in [1.29, 1.82) is 0 Å². The molecule has 2 aromatic heterocycles. The number of carbonyl (C=O) groups excluding carboxylic acids is 3. The summed E-state index contributed by atoms with van der Waals surface area (Å²) in [4.78, 5) is 49.8. The molecule has 0 bridgehead atoms. The summed E-state index contributed by atoms with van der Waals surface area (Å²) < 4.78 is 13.5. The number of nitrogens with one attached hydrogen (secondary N) is 3. The third-order valence-corrected chi connectivity index (χ3v) is 6.39. The molecule has 0 aliphatic carbocycles. The number of benzene rings is 2. The summed E-state index contributed by atoms with van der Waals surface area (Å²) in [6, 6.07) is 10.4. The molecule has 1 atom stereocenters. The number of carbonyl (C=O) groups is 3. The van der Waals surface area contributed by atoms with Crippen LogP contribution in [-0.2, 0) is 6.54 Å². The van der Waals surface area contributed by atoms with Crippen LogP contribution in [0.25, 0.3) is 11.4 Å². The molecule has 4 amide bonds. The van der Waals surface area contributed by atoms with Crippen molar-refractivity contribution in [3.05, 3.63) is 82.7 Å². The number of aryl methyl sites for hydroxylation is 1. The van der Waals surface area contributed by atoms with Crippen LogP contribution in [0.5, 0.6) is 0 Å². The van der Waals surface area contributed by atoms with Crippen LogP contribution in [0, 0.1) is 12.7 Å². The van der Waals surface area contributed by atoms with Crippen molar-refractivity contribution >= 4 is 23.5 Å². The van der Waals surface area contributed by atoms with E-state index < -0.39 is 17.9 Å². The topological polar surface area (TPSA) is 162 Å². The summed E-state index contributed by atoms with van der Waals surface area (Å²) in [7, 11) is 3.28. The van der Waals surface area contributed by atoms with Crippen LogP contribution in [0.15, 0.2) is 48.8 Å². The molecule has 0 unspecified atom stereocenters. The Morgan fingerprint density at radius 3 is 2.55 bits per heavy atom. The van der Waals surface area contributed by atoms with Crippen LogP contribution in [-0.4, -0.2) is 74.0 Å². The van der Waals surface area contributed by atoms with E-state index in [-0.39, 0.29) is 36.3 Å². The van der Waals surface area contributed by atoms with E-state index in [2.05, 4.69) is 41.2 Å². The Kier molecular flexibility index (Phi) is 7.14. The molecule has 2 aromatic carbocycles. The predicted octanol–water partition coefficient (Wildman–Crippen LogP) is 2.01. The Labute approximate surface area is 227 Å². The quantitative estimate of drug-likeness (QED) is 0.332. The maximum atomic E-state index is 13.5. The molecule has 0 saturated carbocycles. The van der Waals surface area contributed by atoms with E-state index in [1.165, 1.54) is 17.0 Å². The summed E-state index contributed by atoms with van der Waals surface area (Å²) in [6.07, 6.45) is 1.13. The second-order valence-corrected chi connectivity index (χ2v) is 9.38. The number of rotatable bonds is 6. The normalized spacial score (nSPS) is 14.0. The molecule has 4 aromatic rings. The van der Waals surface area contributed by atoms with Gasteiger partial charge in [-0.25, -0.2) is 19.2 Å². The van der Waals surface area contributed by atoms with Gasteiger partial charge in [-0.05, 0) is 35.4 Å². The zero-order valence-corrected chi connectivity index (χ0v) is 21.8. The zero-order valence-electron chi connectivity index (χ0n) is 21.8. The molecule has 204 valence electrons. The largest absolute Gasteiger partial charge is 0.347 e. The zero-order chi connectivity index (χ0) is 28.4. The highest BCUT2D eigenvalue weighted by molar-refractivity contribution is 5.99. The SMILES string of the molecule is Cc1cc(CNC(=O)c2cc(C(=O)N[C@H]3CN(C(=O)N(C)C)c4cc(-c5nn[nH]n5)ccc43)ncn2)ccc1F. The fourth-order valence-corrected chi connectivity index (χ4v) is 4.35. The number of fused-ring (bicyclic) bond motifs is 1. The molecule has 0 spiro atoms. The van der Waals surface area contributed by atoms with Gasteiger partial charge in [-0.2, -0.15) is 5.21 Å². The molecule has 5 rings (SSSR count). The molecule has 3 heterocycles. The average molecular weight is 545 g/mol. The first-order valence-corrected chi connectivity index (χ1v) is 12.2. The maximum Gasteiger partial charge on any atom is 0.324 e. The number of hydrogen-bond donors (Lipinski definition) is 3. The molecule has 14 heteroatoms. The minimum atomic E-state index is -0.542. The molecular formula is C26H25FN10O3. The van der Waals surface area contributed by atoms with Crippen molar-refractivity contribution in [3.63, 3.8) is 0 Å². The summed E-state index contributed by atoms with van der Waals surface area (Å²) in [6.45, 7) is 1.98.